The van der Waals surface area contributed by atoms with Gasteiger partial charge in [-0.2, -0.15) is 0 Å². The number of rotatable bonds is 13. The van der Waals surface area contributed by atoms with E-state index in [0.29, 0.717) is 27.8 Å². The second-order valence-corrected chi connectivity index (χ2v) is 12.3. The first-order valence-electron chi connectivity index (χ1n) is 13.3. The molecule has 0 heterocycles. The number of carbonyl (C=O) groups excluding carboxylic acids is 2. The minimum absolute atomic E-state index is 0.0101. The molecular weight excluding hydrogens is 601 g/mol. The van der Waals surface area contributed by atoms with Crippen molar-refractivity contribution in [2.24, 2.45) is 0 Å². The third-order valence-corrected chi connectivity index (χ3v) is 9.28. The summed E-state index contributed by atoms with van der Waals surface area (Å²) in [6.45, 7) is 4.81. The van der Waals surface area contributed by atoms with Crippen molar-refractivity contribution in [3.8, 4) is 11.5 Å². The van der Waals surface area contributed by atoms with Gasteiger partial charge in [0, 0.05) is 18.7 Å². The minimum atomic E-state index is -4.28. The van der Waals surface area contributed by atoms with Gasteiger partial charge in [0.1, 0.15) is 12.6 Å². The summed E-state index contributed by atoms with van der Waals surface area (Å²) in [6.07, 6.45) is 0.699. The summed E-state index contributed by atoms with van der Waals surface area (Å²) in [6, 6.07) is 16.3. The highest BCUT2D eigenvalue weighted by Gasteiger charge is 2.33. The predicted octanol–water partition coefficient (Wildman–Crippen LogP) is 5.54. The Morgan fingerprint density at radius 2 is 1.57 bits per heavy atom. The zero-order chi connectivity index (χ0) is 31.0. The van der Waals surface area contributed by atoms with Crippen LogP contribution in [0, 0.1) is 0 Å². The van der Waals surface area contributed by atoms with E-state index in [4.69, 9.17) is 32.7 Å². The fourth-order valence-electron chi connectivity index (χ4n) is 4.11. The van der Waals surface area contributed by atoms with Crippen molar-refractivity contribution in [1.29, 1.82) is 0 Å². The van der Waals surface area contributed by atoms with Crippen molar-refractivity contribution < 1.29 is 27.5 Å². The highest BCUT2D eigenvalue weighted by atomic mass is 35.5. The molecular formula is C30H35Cl2N3O6S. The van der Waals surface area contributed by atoms with E-state index < -0.39 is 28.5 Å². The van der Waals surface area contributed by atoms with Crippen LogP contribution in [0.15, 0.2) is 71.6 Å². The van der Waals surface area contributed by atoms with Crippen LogP contribution in [0.3, 0.4) is 0 Å². The molecule has 0 fully saturated rings. The van der Waals surface area contributed by atoms with Crippen LogP contribution >= 0.6 is 23.2 Å². The fraction of sp³-hybridized carbons (Fsp3) is 0.333. The van der Waals surface area contributed by atoms with E-state index in [1.54, 1.807) is 55.5 Å². The topological polar surface area (TPSA) is 105 Å². The highest BCUT2D eigenvalue weighted by Crippen LogP contribution is 2.32. The molecule has 12 heteroatoms. The molecule has 0 saturated carbocycles. The van der Waals surface area contributed by atoms with E-state index in [0.717, 1.165) is 4.31 Å². The Bertz CT molecular complexity index is 1500. The molecule has 9 nitrogen and oxygen atoms in total. The number of nitrogens with zero attached hydrogens (tertiary/aromatic N) is 2. The second-order valence-electron chi connectivity index (χ2n) is 9.63. The monoisotopic (exact) mass is 635 g/mol. The molecule has 0 unspecified atom stereocenters. The summed E-state index contributed by atoms with van der Waals surface area (Å²) in [5, 5.41) is 3.53. The maximum atomic E-state index is 14.0. The molecule has 2 atom stereocenters. The van der Waals surface area contributed by atoms with Crippen molar-refractivity contribution in [2.75, 3.05) is 25.1 Å². The lowest BCUT2D eigenvalue weighted by molar-refractivity contribution is -0.139. The summed E-state index contributed by atoms with van der Waals surface area (Å²) in [5.74, 6) is -0.394. The Kier molecular flexibility index (Phi) is 11.5. The Morgan fingerprint density at radius 1 is 0.905 bits per heavy atom. The standard InChI is InChI=1S/C30H35Cl2N3O6S/c1-6-20(2)33-30(37)21(3)34(18-22-12-14-25(31)26(32)16-22)29(36)19-35(23-10-8-7-9-11-23)42(38,39)24-13-15-27(40-4)28(17-24)41-5/h7-17,20-21H,6,18-19H2,1-5H3,(H,33,37)/t20-,21+/m1/s1. The molecule has 1 N–H and O–H groups in total. The lowest BCUT2D eigenvalue weighted by Gasteiger charge is -2.32. The van der Waals surface area contributed by atoms with Crippen molar-refractivity contribution in [3.63, 3.8) is 0 Å². The van der Waals surface area contributed by atoms with Crippen LogP contribution in [-0.4, -0.2) is 58.0 Å². The molecule has 3 aromatic carbocycles. The zero-order valence-electron chi connectivity index (χ0n) is 24.1. The van der Waals surface area contributed by atoms with Crippen LogP contribution in [0.4, 0.5) is 5.69 Å². The molecule has 0 bridgehead atoms. The molecule has 0 radical (unpaired) electrons. The second kappa shape index (κ2) is 14.6. The van der Waals surface area contributed by atoms with Gasteiger partial charge in [0.05, 0.1) is 34.8 Å². The van der Waals surface area contributed by atoms with Crippen LogP contribution in [-0.2, 0) is 26.2 Å². The van der Waals surface area contributed by atoms with E-state index in [-0.39, 0.29) is 34.8 Å². The van der Waals surface area contributed by atoms with Crippen LogP contribution in [0.1, 0.15) is 32.8 Å². The highest BCUT2D eigenvalue weighted by molar-refractivity contribution is 7.92. The lowest BCUT2D eigenvalue weighted by atomic mass is 10.1. The van der Waals surface area contributed by atoms with E-state index in [2.05, 4.69) is 5.32 Å². The van der Waals surface area contributed by atoms with Gasteiger partial charge >= 0.3 is 0 Å². The number of carbonyl (C=O) groups is 2. The smallest absolute Gasteiger partial charge is 0.264 e. The molecule has 226 valence electrons. The average Bonchev–Trinajstić information content (AvgIpc) is 2.99. The summed E-state index contributed by atoms with van der Waals surface area (Å²) >= 11 is 12.3. The molecule has 0 saturated heterocycles. The molecule has 0 aliphatic heterocycles. The number of hydrogen-bond acceptors (Lipinski definition) is 6. The van der Waals surface area contributed by atoms with E-state index >= 15 is 0 Å². The quantitative estimate of drug-likeness (QED) is 0.264. The third-order valence-electron chi connectivity index (χ3n) is 6.77. The summed E-state index contributed by atoms with van der Waals surface area (Å²) in [5.41, 5.74) is 0.891. The molecule has 2 amide bonds. The third kappa shape index (κ3) is 7.87. The Morgan fingerprint density at radius 3 is 2.17 bits per heavy atom. The maximum absolute atomic E-state index is 14.0. The fourth-order valence-corrected chi connectivity index (χ4v) is 5.86. The van der Waals surface area contributed by atoms with E-state index in [1.807, 2.05) is 13.8 Å². The Hall–Kier alpha value is -3.47. The first-order valence-corrected chi connectivity index (χ1v) is 15.5. The first kappa shape index (κ1) is 33.0. The zero-order valence-corrected chi connectivity index (χ0v) is 26.5. The van der Waals surface area contributed by atoms with Gasteiger partial charge in [0.25, 0.3) is 10.0 Å². The number of halogens is 2. The van der Waals surface area contributed by atoms with Crippen LogP contribution < -0.4 is 19.1 Å². The number of benzene rings is 3. The largest absolute Gasteiger partial charge is 0.493 e. The molecule has 0 aliphatic carbocycles. The molecule has 0 aromatic heterocycles. The van der Waals surface area contributed by atoms with Gasteiger partial charge in [-0.25, -0.2) is 8.42 Å². The summed E-state index contributed by atoms with van der Waals surface area (Å²) < 4.78 is 39.6. The van der Waals surface area contributed by atoms with Gasteiger partial charge < -0.3 is 19.7 Å². The van der Waals surface area contributed by atoms with Crippen LogP contribution in [0.5, 0.6) is 11.5 Å². The van der Waals surface area contributed by atoms with Gasteiger partial charge in [-0.3, -0.25) is 13.9 Å². The Balaban J connectivity index is 2.05. The molecule has 3 aromatic rings. The number of nitrogens with one attached hydrogen (secondary N) is 1. The van der Waals surface area contributed by atoms with E-state index in [9.17, 15) is 18.0 Å². The molecule has 0 spiro atoms. The van der Waals surface area contributed by atoms with Gasteiger partial charge in [0.15, 0.2) is 11.5 Å². The SMILES string of the molecule is CC[C@@H](C)NC(=O)[C@H](C)N(Cc1ccc(Cl)c(Cl)c1)C(=O)CN(c1ccccc1)S(=O)(=O)c1ccc(OC)c(OC)c1. The van der Waals surface area contributed by atoms with Crippen molar-refractivity contribution in [2.45, 2.75) is 50.7 Å². The van der Waals surface area contributed by atoms with Gasteiger partial charge in [-0.1, -0.05) is 54.4 Å². The van der Waals surface area contributed by atoms with E-state index in [1.165, 1.54) is 37.3 Å². The average molecular weight is 637 g/mol. The normalized spacial score (nSPS) is 12.6. The molecule has 42 heavy (non-hydrogen) atoms. The maximum Gasteiger partial charge on any atom is 0.264 e. The van der Waals surface area contributed by atoms with Gasteiger partial charge in [-0.15, -0.1) is 0 Å². The van der Waals surface area contributed by atoms with Gasteiger partial charge in [-0.05, 0) is 62.2 Å². The minimum Gasteiger partial charge on any atom is -0.493 e. The number of hydrogen-bond donors (Lipinski definition) is 1. The van der Waals surface area contributed by atoms with Crippen molar-refractivity contribution in [3.05, 3.63) is 82.3 Å². The van der Waals surface area contributed by atoms with Crippen molar-refractivity contribution >= 4 is 50.7 Å². The summed E-state index contributed by atoms with van der Waals surface area (Å²) in [7, 11) is -1.43. The van der Waals surface area contributed by atoms with Crippen LogP contribution in [0.25, 0.3) is 0 Å². The predicted molar refractivity (Wildman–Crippen MR) is 165 cm³/mol. The number of para-hydroxylation sites is 1. The first-order chi connectivity index (χ1) is 19.9. The number of sulfonamides is 1. The number of ether oxygens (including phenoxy) is 2. The Labute approximate surface area is 257 Å². The molecule has 3 rings (SSSR count). The number of amides is 2. The lowest BCUT2D eigenvalue weighted by Crippen LogP contribution is -2.52. The van der Waals surface area contributed by atoms with Gasteiger partial charge in [0.2, 0.25) is 11.8 Å². The van der Waals surface area contributed by atoms with Crippen molar-refractivity contribution in [1.82, 2.24) is 10.2 Å². The number of methoxy groups -OCH3 is 2. The molecule has 0 aliphatic rings. The number of anilines is 1. The van der Waals surface area contributed by atoms with Crippen LogP contribution in [0.2, 0.25) is 10.0 Å². The summed E-state index contributed by atoms with van der Waals surface area (Å²) in [4.78, 5) is 28.4.